The van der Waals surface area contributed by atoms with Gasteiger partial charge in [-0.25, -0.2) is 12.7 Å². The average Bonchev–Trinajstić information content (AvgIpc) is 2.74. The fourth-order valence-electron chi connectivity index (χ4n) is 1.52. The van der Waals surface area contributed by atoms with Crippen molar-refractivity contribution in [2.45, 2.75) is 12.5 Å². The fourth-order valence-corrected chi connectivity index (χ4v) is 2.20. The number of furan rings is 1. The van der Waals surface area contributed by atoms with Crippen molar-refractivity contribution >= 4 is 22.1 Å². The summed E-state index contributed by atoms with van der Waals surface area (Å²) < 4.78 is 36.7. The Morgan fingerprint density at radius 3 is 2.74 bits per heavy atom. The van der Waals surface area contributed by atoms with Crippen molar-refractivity contribution in [1.82, 2.24) is 9.62 Å². The minimum Gasteiger partial charge on any atom is -0.731 e. The Balaban J connectivity index is 0.00000180. The molecule has 0 aromatic carbocycles. The number of nitrogens with zero attached hydrogens (tertiary/aromatic N) is 1. The first-order valence-corrected chi connectivity index (χ1v) is 6.33. The normalized spacial score (nSPS) is 18.5. The second kappa shape index (κ2) is 6.48. The predicted molar refractivity (Wildman–Crippen MR) is 55.8 cm³/mol. The maximum Gasteiger partial charge on any atom is 1.00 e. The zero-order valence-electron chi connectivity index (χ0n) is 10.0. The molecule has 98 valence electrons. The standard InChI is InChI=1S/C9H10N2O6S.K/c12-8(4-6-2-1-3-17-6)10-7-5-11(9(7)13)18(14,15)16;/h1-3,7H,4-5H2,(H,10,12)(H,14,15,16);/q;+1/p-1/t7-;/m0./s1. The fraction of sp³-hybridized carbons (Fsp3) is 0.333. The molecule has 1 aliphatic rings. The first-order valence-electron chi connectivity index (χ1n) is 4.97. The molecule has 19 heavy (non-hydrogen) atoms. The van der Waals surface area contributed by atoms with Gasteiger partial charge in [0.05, 0.1) is 19.2 Å². The summed E-state index contributed by atoms with van der Waals surface area (Å²) in [6.45, 7) is -0.325. The van der Waals surface area contributed by atoms with Gasteiger partial charge in [0.1, 0.15) is 11.8 Å². The van der Waals surface area contributed by atoms with E-state index >= 15 is 0 Å². The number of carbonyl (C=O) groups excluding carboxylic acids is 2. The van der Waals surface area contributed by atoms with Crippen molar-refractivity contribution in [1.29, 1.82) is 0 Å². The van der Waals surface area contributed by atoms with Crippen LogP contribution in [0, 0.1) is 0 Å². The Bertz CT molecular complexity index is 570. The molecule has 1 fully saturated rings. The van der Waals surface area contributed by atoms with Crippen LogP contribution in [-0.2, 0) is 26.3 Å². The van der Waals surface area contributed by atoms with E-state index in [1.165, 1.54) is 6.26 Å². The smallest absolute Gasteiger partial charge is 0.731 e. The molecule has 1 atom stereocenters. The van der Waals surface area contributed by atoms with Crippen LogP contribution in [0.2, 0.25) is 0 Å². The first-order chi connectivity index (χ1) is 8.38. The molecule has 0 radical (unpaired) electrons. The van der Waals surface area contributed by atoms with Crippen molar-refractivity contribution in [3.8, 4) is 0 Å². The minimum atomic E-state index is -4.77. The Labute approximate surface area is 151 Å². The van der Waals surface area contributed by atoms with Crippen LogP contribution in [0.4, 0.5) is 0 Å². The molecule has 2 rings (SSSR count). The summed E-state index contributed by atoms with van der Waals surface area (Å²) in [6, 6.07) is 2.25. The SMILES string of the molecule is O=C(Cc1ccco1)N[C@H]1CN(S(=O)(=O)[O-])C1=O.[K+]. The van der Waals surface area contributed by atoms with Crippen LogP contribution in [0.3, 0.4) is 0 Å². The van der Waals surface area contributed by atoms with E-state index in [1.54, 1.807) is 12.1 Å². The molecule has 1 aromatic heterocycles. The molecular formula is C9H9KN2O6S. The first kappa shape index (κ1) is 16.8. The zero-order chi connectivity index (χ0) is 13.3. The molecule has 0 saturated carbocycles. The van der Waals surface area contributed by atoms with E-state index in [2.05, 4.69) is 5.32 Å². The van der Waals surface area contributed by atoms with Gasteiger partial charge in [-0.05, 0) is 12.1 Å². The number of β-lactam (4-membered cyclic amide) rings is 1. The van der Waals surface area contributed by atoms with Gasteiger partial charge < -0.3 is 14.3 Å². The van der Waals surface area contributed by atoms with Crippen LogP contribution in [0.5, 0.6) is 0 Å². The topological polar surface area (TPSA) is 120 Å². The maximum atomic E-state index is 11.4. The number of nitrogens with one attached hydrogen (secondary N) is 1. The van der Waals surface area contributed by atoms with E-state index in [0.29, 0.717) is 5.76 Å². The molecule has 1 aromatic rings. The van der Waals surface area contributed by atoms with Crippen molar-refractivity contribution in [3.05, 3.63) is 24.2 Å². The average molecular weight is 312 g/mol. The quantitative estimate of drug-likeness (QED) is 0.341. The van der Waals surface area contributed by atoms with Crippen molar-refractivity contribution in [3.63, 3.8) is 0 Å². The third kappa shape index (κ3) is 4.11. The Morgan fingerprint density at radius 2 is 2.26 bits per heavy atom. The molecule has 0 spiro atoms. The van der Waals surface area contributed by atoms with Crippen molar-refractivity contribution in [2.24, 2.45) is 0 Å². The number of carbonyl (C=O) groups is 2. The van der Waals surface area contributed by atoms with E-state index in [-0.39, 0.29) is 68.7 Å². The van der Waals surface area contributed by atoms with E-state index < -0.39 is 28.2 Å². The van der Waals surface area contributed by atoms with E-state index in [0.717, 1.165) is 0 Å². The summed E-state index contributed by atoms with van der Waals surface area (Å²) in [6.07, 6.45) is 1.35. The van der Waals surface area contributed by atoms with Gasteiger partial charge in [0.15, 0.2) is 10.3 Å². The van der Waals surface area contributed by atoms with Crippen LogP contribution in [0.1, 0.15) is 5.76 Å². The van der Waals surface area contributed by atoms with E-state index in [9.17, 15) is 22.6 Å². The predicted octanol–water partition coefficient (Wildman–Crippen LogP) is -4.39. The second-order valence-corrected chi connectivity index (χ2v) is 5.00. The van der Waals surface area contributed by atoms with E-state index in [4.69, 9.17) is 4.42 Å². The molecular weight excluding hydrogens is 303 g/mol. The van der Waals surface area contributed by atoms with Gasteiger partial charge in [0.2, 0.25) is 5.91 Å². The van der Waals surface area contributed by atoms with Gasteiger partial charge in [-0.3, -0.25) is 9.59 Å². The third-order valence-electron chi connectivity index (χ3n) is 2.41. The summed E-state index contributed by atoms with van der Waals surface area (Å²) in [5, 5.41) is 2.31. The number of rotatable bonds is 4. The van der Waals surface area contributed by atoms with Gasteiger partial charge in [-0.15, -0.1) is 0 Å². The molecule has 1 N–H and O–H groups in total. The Hall–Kier alpha value is -0.234. The molecule has 8 nitrogen and oxygen atoms in total. The number of amides is 2. The number of hydrogen-bond donors (Lipinski definition) is 1. The van der Waals surface area contributed by atoms with E-state index in [1.807, 2.05) is 0 Å². The summed E-state index contributed by atoms with van der Waals surface area (Å²) in [7, 11) is -4.77. The molecule has 1 aliphatic heterocycles. The summed E-state index contributed by atoms with van der Waals surface area (Å²) in [5.41, 5.74) is 0. The van der Waals surface area contributed by atoms with Crippen LogP contribution >= 0.6 is 0 Å². The largest absolute Gasteiger partial charge is 1.00 e. The minimum absolute atomic E-state index is 0. The maximum absolute atomic E-state index is 11.4. The van der Waals surface area contributed by atoms with Gasteiger partial charge in [-0.2, -0.15) is 0 Å². The molecule has 2 heterocycles. The van der Waals surface area contributed by atoms with Crippen LogP contribution in [0.15, 0.2) is 22.8 Å². The summed E-state index contributed by atoms with van der Waals surface area (Å²) in [4.78, 5) is 22.7. The Kier molecular flexibility index (Phi) is 5.73. The molecule has 2 amide bonds. The van der Waals surface area contributed by atoms with Gasteiger partial charge >= 0.3 is 51.4 Å². The Morgan fingerprint density at radius 1 is 1.58 bits per heavy atom. The summed E-state index contributed by atoms with van der Waals surface area (Å²) in [5.74, 6) is -0.975. The molecule has 0 unspecified atom stereocenters. The van der Waals surface area contributed by atoms with Crippen molar-refractivity contribution < 1.29 is 78.4 Å². The number of hydrogen-bond acceptors (Lipinski definition) is 6. The molecule has 0 aliphatic carbocycles. The third-order valence-corrected chi connectivity index (χ3v) is 3.28. The van der Waals surface area contributed by atoms with Gasteiger partial charge in [0, 0.05) is 0 Å². The molecule has 10 heteroatoms. The second-order valence-electron chi connectivity index (χ2n) is 3.70. The van der Waals surface area contributed by atoms with Gasteiger partial charge in [0.25, 0.3) is 5.91 Å². The molecule has 0 bridgehead atoms. The van der Waals surface area contributed by atoms with Crippen molar-refractivity contribution in [2.75, 3.05) is 6.54 Å². The van der Waals surface area contributed by atoms with Crippen LogP contribution < -0.4 is 56.7 Å². The monoisotopic (exact) mass is 312 g/mol. The van der Waals surface area contributed by atoms with Crippen LogP contribution in [0.25, 0.3) is 0 Å². The molecule has 1 saturated heterocycles. The van der Waals surface area contributed by atoms with Crippen LogP contribution in [-0.4, -0.2) is 41.7 Å². The summed E-state index contributed by atoms with van der Waals surface area (Å²) >= 11 is 0. The van der Waals surface area contributed by atoms with Gasteiger partial charge in [-0.1, -0.05) is 0 Å². The zero-order valence-corrected chi connectivity index (χ0v) is 14.0.